The second kappa shape index (κ2) is 5.81. The third kappa shape index (κ3) is 3.12. The quantitative estimate of drug-likeness (QED) is 0.926. The summed E-state index contributed by atoms with van der Waals surface area (Å²) in [5.74, 6) is 1.09. The van der Waals surface area contributed by atoms with E-state index in [1.165, 1.54) is 11.1 Å². The summed E-state index contributed by atoms with van der Waals surface area (Å²) < 4.78 is 12.5. The van der Waals surface area contributed by atoms with Crippen LogP contribution in [0, 0.1) is 0 Å². The molecule has 2 aliphatic heterocycles. The van der Waals surface area contributed by atoms with Crippen molar-refractivity contribution in [1.29, 1.82) is 0 Å². The van der Waals surface area contributed by atoms with Crippen molar-refractivity contribution in [2.24, 2.45) is 0 Å². The summed E-state index contributed by atoms with van der Waals surface area (Å²) in [7, 11) is 0. The second-order valence-corrected chi connectivity index (χ2v) is 6.35. The fraction of sp³-hybridized carbons (Fsp3) is 0.600. The first kappa shape index (κ1) is 13.4. The van der Waals surface area contributed by atoms with E-state index in [-0.39, 0.29) is 0 Å². The van der Waals surface area contributed by atoms with Gasteiger partial charge < -0.3 is 14.8 Å². The molecule has 2 unspecified atom stereocenters. The Bertz CT molecular complexity index is 464. The van der Waals surface area contributed by atoms with E-state index >= 15 is 0 Å². The van der Waals surface area contributed by atoms with Crippen LogP contribution < -0.4 is 10.1 Å². The maximum Gasteiger partial charge on any atom is 0.127 e. The monoisotopic (exact) mass is 325 g/mol. The number of hydrogen-bond acceptors (Lipinski definition) is 3. The molecule has 1 saturated heterocycles. The van der Waals surface area contributed by atoms with Gasteiger partial charge in [-0.3, -0.25) is 0 Å². The topological polar surface area (TPSA) is 30.5 Å². The molecule has 1 fully saturated rings. The van der Waals surface area contributed by atoms with Crippen LogP contribution in [-0.2, 0) is 17.7 Å². The van der Waals surface area contributed by atoms with Gasteiger partial charge in [0.15, 0.2) is 0 Å². The van der Waals surface area contributed by atoms with E-state index in [1.807, 2.05) is 0 Å². The molecule has 0 radical (unpaired) electrons. The number of ether oxygens (including phenoxy) is 2. The zero-order valence-electron chi connectivity index (χ0n) is 11.2. The molecule has 0 amide bonds. The highest BCUT2D eigenvalue weighted by molar-refractivity contribution is 9.10. The summed E-state index contributed by atoms with van der Waals surface area (Å²) in [5, 5.41) is 3.64. The largest absolute Gasteiger partial charge is 0.493 e. The Morgan fingerprint density at radius 1 is 1.37 bits per heavy atom. The molecule has 2 heterocycles. The van der Waals surface area contributed by atoms with Gasteiger partial charge in [0.2, 0.25) is 0 Å². The molecule has 4 heteroatoms. The van der Waals surface area contributed by atoms with Crippen molar-refractivity contribution in [3.8, 4) is 5.75 Å². The van der Waals surface area contributed by atoms with Crippen LogP contribution in [0.3, 0.4) is 0 Å². The summed E-state index contributed by atoms with van der Waals surface area (Å²) in [4.78, 5) is 0. The molecule has 1 N–H and O–H groups in total. The molecule has 0 aliphatic carbocycles. The van der Waals surface area contributed by atoms with Crippen molar-refractivity contribution in [3.05, 3.63) is 27.7 Å². The Morgan fingerprint density at radius 3 is 3.11 bits per heavy atom. The highest BCUT2D eigenvalue weighted by Crippen LogP contribution is 2.33. The zero-order chi connectivity index (χ0) is 13.2. The van der Waals surface area contributed by atoms with E-state index in [4.69, 9.17) is 9.47 Å². The van der Waals surface area contributed by atoms with Crippen LogP contribution in [-0.4, -0.2) is 25.4 Å². The Kier molecular flexibility index (Phi) is 4.10. The van der Waals surface area contributed by atoms with E-state index in [2.05, 4.69) is 40.3 Å². The fourth-order valence-electron chi connectivity index (χ4n) is 2.92. The number of nitrogens with one attached hydrogen (secondary N) is 1. The molecular weight excluding hydrogens is 306 g/mol. The first-order valence-corrected chi connectivity index (χ1v) is 7.81. The molecule has 0 saturated carbocycles. The SMILES string of the molecule is CC1CC(NCc2cc(Br)cc3c2OCC3)CCO1. The average Bonchev–Trinajstić information content (AvgIpc) is 2.84. The molecule has 3 rings (SSSR count). The number of hydrogen-bond donors (Lipinski definition) is 1. The number of fused-ring (bicyclic) bond motifs is 1. The lowest BCUT2D eigenvalue weighted by Gasteiger charge is -2.28. The highest BCUT2D eigenvalue weighted by atomic mass is 79.9. The Balaban J connectivity index is 1.67. The van der Waals surface area contributed by atoms with Gasteiger partial charge in [-0.05, 0) is 37.5 Å². The molecular formula is C15H20BrNO2. The van der Waals surface area contributed by atoms with E-state index < -0.39 is 0 Å². The maximum absolute atomic E-state index is 5.76. The van der Waals surface area contributed by atoms with Crippen LogP contribution in [0.5, 0.6) is 5.75 Å². The van der Waals surface area contributed by atoms with Crippen molar-refractivity contribution in [2.75, 3.05) is 13.2 Å². The predicted octanol–water partition coefficient (Wildman–Crippen LogP) is 3.04. The van der Waals surface area contributed by atoms with Crippen molar-refractivity contribution >= 4 is 15.9 Å². The Morgan fingerprint density at radius 2 is 2.26 bits per heavy atom. The predicted molar refractivity (Wildman–Crippen MR) is 78.6 cm³/mol. The Hall–Kier alpha value is -0.580. The summed E-state index contributed by atoms with van der Waals surface area (Å²) in [5.41, 5.74) is 2.59. The van der Waals surface area contributed by atoms with Gasteiger partial charge in [-0.25, -0.2) is 0 Å². The normalized spacial score (nSPS) is 26.0. The molecule has 0 aromatic heterocycles. The van der Waals surface area contributed by atoms with Crippen LogP contribution in [0.4, 0.5) is 0 Å². The van der Waals surface area contributed by atoms with Crippen LogP contribution in [0.15, 0.2) is 16.6 Å². The molecule has 1 aromatic rings. The molecule has 104 valence electrons. The van der Waals surface area contributed by atoms with Gasteiger partial charge in [0, 0.05) is 35.7 Å². The maximum atomic E-state index is 5.76. The van der Waals surface area contributed by atoms with Gasteiger partial charge in [0.05, 0.1) is 12.7 Å². The van der Waals surface area contributed by atoms with Crippen LogP contribution in [0.2, 0.25) is 0 Å². The summed E-state index contributed by atoms with van der Waals surface area (Å²) in [6.45, 7) is 4.70. The fourth-order valence-corrected chi connectivity index (χ4v) is 3.47. The molecule has 2 atom stereocenters. The summed E-state index contributed by atoms with van der Waals surface area (Å²) >= 11 is 3.59. The van der Waals surface area contributed by atoms with Gasteiger partial charge in [-0.1, -0.05) is 15.9 Å². The van der Waals surface area contributed by atoms with Crippen molar-refractivity contribution in [2.45, 2.75) is 44.9 Å². The molecule has 1 aromatic carbocycles. The zero-order valence-corrected chi connectivity index (χ0v) is 12.8. The number of benzene rings is 1. The third-order valence-corrected chi connectivity index (χ3v) is 4.35. The van der Waals surface area contributed by atoms with Crippen LogP contribution in [0.1, 0.15) is 30.9 Å². The van der Waals surface area contributed by atoms with Crippen molar-refractivity contribution in [3.63, 3.8) is 0 Å². The van der Waals surface area contributed by atoms with E-state index in [1.54, 1.807) is 0 Å². The molecule has 0 spiro atoms. The first-order chi connectivity index (χ1) is 9.22. The Labute approximate surface area is 122 Å². The van der Waals surface area contributed by atoms with E-state index in [0.29, 0.717) is 12.1 Å². The minimum Gasteiger partial charge on any atom is -0.493 e. The number of halogens is 1. The summed E-state index contributed by atoms with van der Waals surface area (Å²) in [6.07, 6.45) is 3.59. The standard InChI is InChI=1S/C15H20BrNO2/c1-10-6-14(3-5-18-10)17-9-12-8-13(16)7-11-2-4-19-15(11)12/h7-8,10,14,17H,2-6,9H2,1H3. The second-order valence-electron chi connectivity index (χ2n) is 5.44. The summed E-state index contributed by atoms with van der Waals surface area (Å²) in [6, 6.07) is 4.89. The lowest BCUT2D eigenvalue weighted by Crippen LogP contribution is -2.37. The lowest BCUT2D eigenvalue weighted by atomic mass is 10.0. The van der Waals surface area contributed by atoms with Crippen molar-refractivity contribution < 1.29 is 9.47 Å². The first-order valence-electron chi connectivity index (χ1n) is 7.01. The van der Waals surface area contributed by atoms with Gasteiger partial charge in [-0.2, -0.15) is 0 Å². The van der Waals surface area contributed by atoms with E-state index in [9.17, 15) is 0 Å². The highest BCUT2D eigenvalue weighted by Gasteiger charge is 2.21. The molecule has 19 heavy (non-hydrogen) atoms. The van der Waals surface area contributed by atoms with Crippen LogP contribution in [0.25, 0.3) is 0 Å². The van der Waals surface area contributed by atoms with Gasteiger partial charge in [-0.15, -0.1) is 0 Å². The molecule has 0 bridgehead atoms. The third-order valence-electron chi connectivity index (χ3n) is 3.89. The molecule has 3 nitrogen and oxygen atoms in total. The minimum absolute atomic E-state index is 0.371. The smallest absolute Gasteiger partial charge is 0.127 e. The van der Waals surface area contributed by atoms with Gasteiger partial charge >= 0.3 is 0 Å². The van der Waals surface area contributed by atoms with Crippen LogP contribution >= 0.6 is 15.9 Å². The molecule has 2 aliphatic rings. The minimum atomic E-state index is 0.371. The number of rotatable bonds is 3. The van der Waals surface area contributed by atoms with Gasteiger partial charge in [0.1, 0.15) is 5.75 Å². The van der Waals surface area contributed by atoms with Crippen molar-refractivity contribution in [1.82, 2.24) is 5.32 Å². The van der Waals surface area contributed by atoms with E-state index in [0.717, 1.165) is 49.2 Å². The van der Waals surface area contributed by atoms with Gasteiger partial charge in [0.25, 0.3) is 0 Å². The lowest BCUT2D eigenvalue weighted by molar-refractivity contribution is 0.0130. The average molecular weight is 326 g/mol.